The van der Waals surface area contributed by atoms with Crippen molar-refractivity contribution in [2.45, 2.75) is 63.6 Å². The third-order valence-corrected chi connectivity index (χ3v) is 10.8. The van der Waals surface area contributed by atoms with E-state index in [-0.39, 0.29) is 34.2 Å². The van der Waals surface area contributed by atoms with Gasteiger partial charge < -0.3 is 10.1 Å². The molecule has 0 bridgehead atoms. The molecule has 0 aliphatic rings. The van der Waals surface area contributed by atoms with E-state index in [1.54, 1.807) is 33.2 Å². The first-order valence-corrected chi connectivity index (χ1v) is 17.4. The molecule has 3 rings (SSSR count). The molecule has 1 heterocycles. The van der Waals surface area contributed by atoms with Crippen LogP contribution in [0.2, 0.25) is 5.02 Å². The van der Waals surface area contributed by atoms with Crippen LogP contribution in [0.3, 0.4) is 0 Å². The molecular formula is C30H37ClN4O7S2. The molecule has 1 aromatic heterocycles. The topological polar surface area (TPSA) is 161 Å². The maximum atomic E-state index is 13.4. The van der Waals surface area contributed by atoms with Crippen LogP contribution in [0.5, 0.6) is 5.75 Å². The molecule has 3 aromatic rings. The van der Waals surface area contributed by atoms with E-state index < -0.39 is 49.8 Å². The van der Waals surface area contributed by atoms with Crippen LogP contribution in [0.15, 0.2) is 59.8 Å². The number of sulfonamides is 2. The van der Waals surface area contributed by atoms with E-state index in [0.29, 0.717) is 6.42 Å². The fourth-order valence-corrected chi connectivity index (χ4v) is 7.42. The molecule has 0 spiro atoms. The highest BCUT2D eigenvalue weighted by molar-refractivity contribution is 7.91. The largest absolute Gasteiger partial charge is 0.424 e. The Bertz CT molecular complexity index is 1730. The number of hydrogen-bond donors (Lipinski definition) is 3. The second-order valence-corrected chi connectivity index (χ2v) is 14.2. The summed E-state index contributed by atoms with van der Waals surface area (Å²) in [6.45, 7) is 7.94. The smallest absolute Gasteiger partial charge is 0.333 e. The lowest BCUT2D eigenvalue weighted by Crippen LogP contribution is -2.48. The maximum absolute atomic E-state index is 13.4. The van der Waals surface area contributed by atoms with E-state index in [1.807, 2.05) is 37.3 Å². The van der Waals surface area contributed by atoms with Gasteiger partial charge in [0.2, 0.25) is 26.0 Å². The zero-order valence-electron chi connectivity index (χ0n) is 25.2. The summed E-state index contributed by atoms with van der Waals surface area (Å²) in [5.74, 6) is -1.82. The van der Waals surface area contributed by atoms with Gasteiger partial charge >= 0.3 is 5.97 Å². The van der Waals surface area contributed by atoms with Crippen molar-refractivity contribution in [3.05, 3.63) is 76.6 Å². The van der Waals surface area contributed by atoms with Crippen molar-refractivity contribution in [3.8, 4) is 16.9 Å². The second-order valence-electron chi connectivity index (χ2n) is 10.2. The number of aromatic nitrogens is 1. The number of esters is 1. The van der Waals surface area contributed by atoms with Gasteiger partial charge in [-0.3, -0.25) is 14.6 Å². The minimum atomic E-state index is -4.21. The predicted octanol–water partition coefficient (Wildman–Crippen LogP) is 4.19. The third-order valence-electron chi connectivity index (χ3n) is 6.80. The van der Waals surface area contributed by atoms with Gasteiger partial charge in [-0.1, -0.05) is 43.6 Å². The van der Waals surface area contributed by atoms with Crippen molar-refractivity contribution in [1.29, 1.82) is 0 Å². The molecule has 0 saturated heterocycles. The minimum Gasteiger partial charge on any atom is -0.424 e. The van der Waals surface area contributed by atoms with Crippen LogP contribution in [-0.2, 0) is 29.6 Å². The highest BCUT2D eigenvalue weighted by atomic mass is 35.5. The first-order chi connectivity index (χ1) is 20.7. The Kier molecular flexibility index (Phi) is 12.0. The summed E-state index contributed by atoms with van der Waals surface area (Å²) in [5, 5.41) is 0.486. The molecule has 0 saturated carbocycles. The zero-order chi connectivity index (χ0) is 32.7. The minimum absolute atomic E-state index is 0.0144. The van der Waals surface area contributed by atoms with Crippen LogP contribution in [0.4, 0.5) is 0 Å². The monoisotopic (exact) mass is 664 g/mol. The van der Waals surface area contributed by atoms with Crippen LogP contribution >= 0.6 is 11.6 Å². The van der Waals surface area contributed by atoms with Gasteiger partial charge in [-0.2, -0.15) is 0 Å². The van der Waals surface area contributed by atoms with Gasteiger partial charge in [0.25, 0.3) is 0 Å². The lowest BCUT2D eigenvalue weighted by atomic mass is 9.99. The molecule has 11 nitrogen and oxygen atoms in total. The predicted molar refractivity (Wildman–Crippen MR) is 169 cm³/mol. The van der Waals surface area contributed by atoms with Crippen LogP contribution in [0.1, 0.15) is 56.3 Å². The summed E-state index contributed by atoms with van der Waals surface area (Å²) in [7, 11) is -8.31. The SMILES string of the molecule is CCCC(=O)NC[C@@H](C(=O)Oc1ccc(S(=O)(=O)N[C@@H](C)c2cccc(-c3ccncc3C)c2)c(C)c1Cl)S(=O)(=O)NCC. The number of pyridine rings is 1. The van der Waals surface area contributed by atoms with Gasteiger partial charge in [0.1, 0.15) is 5.75 Å². The quantitative estimate of drug-likeness (QED) is 0.171. The van der Waals surface area contributed by atoms with E-state index in [0.717, 1.165) is 22.3 Å². The molecule has 3 N–H and O–H groups in total. The van der Waals surface area contributed by atoms with E-state index in [1.165, 1.54) is 19.1 Å². The molecule has 2 aromatic carbocycles. The highest BCUT2D eigenvalue weighted by Gasteiger charge is 2.35. The number of aryl methyl sites for hydroxylation is 1. The number of rotatable bonds is 14. The number of halogens is 1. The molecule has 14 heteroatoms. The zero-order valence-corrected chi connectivity index (χ0v) is 27.6. The van der Waals surface area contributed by atoms with Gasteiger partial charge in [0, 0.05) is 37.9 Å². The highest BCUT2D eigenvalue weighted by Crippen LogP contribution is 2.34. The van der Waals surface area contributed by atoms with Crippen molar-refractivity contribution in [2.24, 2.45) is 0 Å². The van der Waals surface area contributed by atoms with Crippen molar-refractivity contribution in [3.63, 3.8) is 0 Å². The molecule has 0 aliphatic carbocycles. The average Bonchev–Trinajstić information content (AvgIpc) is 2.95. The fraction of sp³-hybridized carbons (Fsp3) is 0.367. The Morgan fingerprint density at radius 1 is 1.05 bits per heavy atom. The summed E-state index contributed by atoms with van der Waals surface area (Å²) in [4.78, 5) is 28.9. The number of carbonyl (C=O) groups excluding carboxylic acids is 2. The molecular weight excluding hydrogens is 628 g/mol. The Hall–Kier alpha value is -3.36. The Labute approximate surface area is 263 Å². The summed E-state index contributed by atoms with van der Waals surface area (Å²) in [6, 6.07) is 11.2. The lowest BCUT2D eigenvalue weighted by Gasteiger charge is -2.20. The van der Waals surface area contributed by atoms with E-state index in [4.69, 9.17) is 16.3 Å². The number of ether oxygens (including phenoxy) is 1. The molecule has 2 atom stereocenters. The molecule has 238 valence electrons. The van der Waals surface area contributed by atoms with Crippen LogP contribution < -0.4 is 19.5 Å². The van der Waals surface area contributed by atoms with Crippen molar-refractivity contribution < 1.29 is 31.2 Å². The van der Waals surface area contributed by atoms with Crippen LogP contribution in [0.25, 0.3) is 11.1 Å². The maximum Gasteiger partial charge on any atom is 0.333 e. The molecule has 1 amide bonds. The Morgan fingerprint density at radius 3 is 2.43 bits per heavy atom. The molecule has 0 fully saturated rings. The van der Waals surface area contributed by atoms with E-state index in [9.17, 15) is 26.4 Å². The first-order valence-electron chi connectivity index (χ1n) is 14.0. The van der Waals surface area contributed by atoms with Gasteiger partial charge in [-0.25, -0.2) is 26.3 Å². The van der Waals surface area contributed by atoms with E-state index >= 15 is 0 Å². The van der Waals surface area contributed by atoms with Crippen LogP contribution in [-0.4, -0.2) is 52.0 Å². The molecule has 44 heavy (non-hydrogen) atoms. The standard InChI is InChI=1S/C30H37ClN4O7S2/c1-6-9-28(36)33-18-27(43(38,39)34-7-2)30(37)42-25-12-13-26(20(4)29(25)31)44(40,41)35-21(5)22-10-8-11-23(16-22)24-14-15-32-17-19(24)3/h8,10-17,21,27,34-35H,6-7,9,18H2,1-5H3,(H,33,36)/t21-,27-/m0/s1. The molecule has 0 radical (unpaired) electrons. The van der Waals surface area contributed by atoms with Gasteiger partial charge in [-0.05, 0) is 79.3 Å². The number of nitrogens with zero attached hydrogens (tertiary/aromatic N) is 1. The lowest BCUT2D eigenvalue weighted by molar-refractivity contribution is -0.133. The summed E-state index contributed by atoms with van der Waals surface area (Å²) in [6.07, 6.45) is 4.15. The first kappa shape index (κ1) is 35.1. The summed E-state index contributed by atoms with van der Waals surface area (Å²) >= 11 is 6.44. The number of hydrogen-bond acceptors (Lipinski definition) is 8. The van der Waals surface area contributed by atoms with E-state index in [2.05, 4.69) is 19.7 Å². The fourth-order valence-electron chi connectivity index (χ4n) is 4.47. The normalized spacial score (nSPS) is 13.2. The van der Waals surface area contributed by atoms with Gasteiger partial charge in [0.15, 0.2) is 5.25 Å². The second kappa shape index (κ2) is 15.1. The number of benzene rings is 2. The Morgan fingerprint density at radius 2 is 1.77 bits per heavy atom. The third kappa shape index (κ3) is 8.63. The number of nitrogens with one attached hydrogen (secondary N) is 3. The van der Waals surface area contributed by atoms with Gasteiger partial charge in [0.05, 0.1) is 9.92 Å². The molecule has 0 aliphatic heterocycles. The van der Waals surface area contributed by atoms with Crippen molar-refractivity contribution in [1.82, 2.24) is 19.7 Å². The number of carbonyl (C=O) groups is 2. The average molecular weight is 665 g/mol. The van der Waals surface area contributed by atoms with Crippen molar-refractivity contribution >= 4 is 43.5 Å². The summed E-state index contributed by atoms with van der Waals surface area (Å²) < 4.78 is 62.6. The van der Waals surface area contributed by atoms with Crippen molar-refractivity contribution in [2.75, 3.05) is 13.1 Å². The van der Waals surface area contributed by atoms with Gasteiger partial charge in [-0.15, -0.1) is 0 Å². The van der Waals surface area contributed by atoms with Crippen LogP contribution in [0, 0.1) is 13.8 Å². The number of amides is 1. The summed E-state index contributed by atoms with van der Waals surface area (Å²) in [5.41, 5.74) is 3.71. The Balaban J connectivity index is 1.83. The molecule has 0 unspecified atom stereocenters.